The lowest BCUT2D eigenvalue weighted by molar-refractivity contribution is 1.49. The second-order valence-electron chi connectivity index (χ2n) is 1.78. The van der Waals surface area contributed by atoms with Crippen molar-refractivity contribution < 1.29 is 0 Å². The molecule has 0 saturated heterocycles. The molecule has 0 atom stereocenters. The van der Waals surface area contributed by atoms with Crippen LogP contribution >= 0.6 is 38.5 Å². The van der Waals surface area contributed by atoms with Crippen LogP contribution in [0.15, 0.2) is 29.3 Å². The van der Waals surface area contributed by atoms with Gasteiger partial charge in [-0.2, -0.15) is 0 Å². The van der Waals surface area contributed by atoms with Gasteiger partial charge in [-0.1, -0.05) is 18.7 Å². The number of benzene rings is 1. The lowest BCUT2D eigenvalue weighted by Crippen LogP contribution is -1.79. The lowest BCUT2D eigenvalue weighted by atomic mass is 10.2. The second-order valence-corrected chi connectivity index (χ2v) is 3.73. The van der Waals surface area contributed by atoms with E-state index in [0.717, 1.165) is 10.0 Å². The Morgan fingerprint density at radius 3 is 2.70 bits per heavy atom. The van der Waals surface area contributed by atoms with Crippen LogP contribution in [0, 0.1) is 9.65 Å². The molecule has 0 aliphatic heterocycles. The van der Waals surface area contributed by atoms with Gasteiger partial charge in [0.1, 0.15) is 0 Å². The fourth-order valence-electron chi connectivity index (χ4n) is 0.640. The van der Waals surface area contributed by atoms with E-state index in [4.69, 9.17) is 0 Å². The first kappa shape index (κ1) is 8.27. The van der Waals surface area contributed by atoms with Crippen molar-refractivity contribution >= 4 is 38.5 Å². The second kappa shape index (κ2) is 3.53. The van der Waals surface area contributed by atoms with Gasteiger partial charge in [-0.25, -0.2) is 0 Å². The summed E-state index contributed by atoms with van der Waals surface area (Å²) in [5, 5.41) is 0. The Hall–Kier alpha value is 0.170. The van der Waals surface area contributed by atoms with E-state index in [1.54, 1.807) is 0 Å². The van der Waals surface area contributed by atoms with Crippen LogP contribution in [-0.2, 0) is 0 Å². The normalized spacial score (nSPS) is 9.40. The summed E-state index contributed by atoms with van der Waals surface area (Å²) >= 11 is 5.69. The van der Waals surface area contributed by atoms with Gasteiger partial charge in [-0.3, -0.25) is 0 Å². The smallest absolute Gasteiger partial charge is 0.0387 e. The molecule has 0 heterocycles. The molecule has 10 heavy (non-hydrogen) atoms. The van der Waals surface area contributed by atoms with E-state index in [0.29, 0.717) is 0 Å². The molecule has 1 aromatic carbocycles. The summed E-state index contributed by atoms with van der Waals surface area (Å²) in [7, 11) is 0. The van der Waals surface area contributed by atoms with Gasteiger partial charge in [-0.05, 0) is 56.2 Å². The van der Waals surface area contributed by atoms with Crippen molar-refractivity contribution in [2.24, 2.45) is 0 Å². The monoisotopic (exact) mass is 307 g/mol. The third-order valence-electron chi connectivity index (χ3n) is 1.14. The van der Waals surface area contributed by atoms with Crippen molar-refractivity contribution in [3.8, 4) is 0 Å². The summed E-state index contributed by atoms with van der Waals surface area (Å²) in [6.45, 7) is 3.57. The van der Waals surface area contributed by atoms with Crippen LogP contribution in [0.1, 0.15) is 5.56 Å². The van der Waals surface area contributed by atoms with Crippen molar-refractivity contribution in [2.45, 2.75) is 0 Å². The van der Waals surface area contributed by atoms with Crippen LogP contribution in [0.25, 0.3) is 0 Å². The molecule has 0 unspecified atom stereocenters. The first-order valence-corrected chi connectivity index (χ1v) is 4.60. The van der Waals surface area contributed by atoms with E-state index in [9.17, 15) is 0 Å². The quantitative estimate of drug-likeness (QED) is 0.698. The first-order chi connectivity index (χ1) is 4.75. The number of hydrogen-bond acceptors (Lipinski definition) is 0. The molecular formula is C8H5BrI. The zero-order chi connectivity index (χ0) is 7.56. The largest absolute Gasteiger partial charge is 0.0905 e. The standard InChI is InChI=1S/C8H5BrI/c1-2-6-4-3-5-7(10)8(6)9/h3-5H,1H2. The highest BCUT2D eigenvalue weighted by molar-refractivity contribution is 14.1. The van der Waals surface area contributed by atoms with Gasteiger partial charge in [0.25, 0.3) is 0 Å². The minimum Gasteiger partial charge on any atom is -0.0905 e. The summed E-state index contributed by atoms with van der Waals surface area (Å²) in [5.41, 5.74) is 1.02. The highest BCUT2D eigenvalue weighted by Gasteiger charge is 1.97. The molecular weight excluding hydrogens is 303 g/mol. The zero-order valence-electron chi connectivity index (χ0n) is 5.20. The number of hydrogen-bond donors (Lipinski definition) is 0. The topological polar surface area (TPSA) is 0 Å². The fourth-order valence-corrected chi connectivity index (χ4v) is 1.54. The van der Waals surface area contributed by atoms with Gasteiger partial charge in [0.05, 0.1) is 0 Å². The maximum Gasteiger partial charge on any atom is 0.0387 e. The van der Waals surface area contributed by atoms with Gasteiger partial charge >= 0.3 is 0 Å². The molecule has 0 N–H and O–H groups in total. The third kappa shape index (κ3) is 1.61. The van der Waals surface area contributed by atoms with E-state index in [1.165, 1.54) is 3.57 Å². The highest BCUT2D eigenvalue weighted by atomic mass is 127. The Morgan fingerprint density at radius 2 is 2.20 bits per heavy atom. The van der Waals surface area contributed by atoms with E-state index in [-0.39, 0.29) is 0 Å². The summed E-state index contributed by atoms with van der Waals surface area (Å²) in [6.07, 6.45) is 2.83. The molecule has 2 heteroatoms. The van der Waals surface area contributed by atoms with Crippen LogP contribution in [0.2, 0.25) is 0 Å². The Morgan fingerprint density at radius 1 is 1.50 bits per heavy atom. The average Bonchev–Trinajstić information content (AvgIpc) is 1.95. The summed E-state index contributed by atoms with van der Waals surface area (Å²) in [4.78, 5) is 0. The van der Waals surface area contributed by atoms with Gasteiger partial charge < -0.3 is 0 Å². The van der Waals surface area contributed by atoms with Crippen molar-refractivity contribution in [1.29, 1.82) is 0 Å². The number of rotatable bonds is 1. The van der Waals surface area contributed by atoms with Gasteiger partial charge in [0.2, 0.25) is 0 Å². The van der Waals surface area contributed by atoms with E-state index < -0.39 is 0 Å². The predicted octanol–water partition coefficient (Wildman–Crippen LogP) is 3.39. The molecule has 0 aliphatic rings. The number of halogens is 2. The van der Waals surface area contributed by atoms with Crippen LogP contribution in [0.4, 0.5) is 0 Å². The first-order valence-electron chi connectivity index (χ1n) is 2.73. The third-order valence-corrected chi connectivity index (χ3v) is 3.64. The molecule has 0 fully saturated rings. The predicted molar refractivity (Wildman–Crippen MR) is 54.8 cm³/mol. The van der Waals surface area contributed by atoms with Gasteiger partial charge in [0, 0.05) is 8.04 Å². The molecule has 0 saturated carbocycles. The molecule has 0 aromatic heterocycles. The van der Waals surface area contributed by atoms with Crippen molar-refractivity contribution in [3.63, 3.8) is 0 Å². The van der Waals surface area contributed by atoms with Crippen LogP contribution < -0.4 is 0 Å². The molecule has 1 radical (unpaired) electrons. The van der Waals surface area contributed by atoms with Crippen LogP contribution in [-0.4, -0.2) is 0 Å². The van der Waals surface area contributed by atoms with E-state index in [1.807, 2.05) is 18.2 Å². The molecule has 0 amide bonds. The molecule has 0 aliphatic carbocycles. The molecule has 1 aromatic rings. The maximum atomic E-state index is 3.57. The van der Waals surface area contributed by atoms with E-state index in [2.05, 4.69) is 51.2 Å². The highest BCUT2D eigenvalue weighted by Crippen LogP contribution is 2.22. The average molecular weight is 308 g/mol. The van der Waals surface area contributed by atoms with Crippen molar-refractivity contribution in [1.82, 2.24) is 0 Å². The molecule has 1 rings (SSSR count). The minimum absolute atomic E-state index is 1.02. The Bertz CT molecular complexity index is 255. The van der Waals surface area contributed by atoms with E-state index >= 15 is 0 Å². The Balaban J connectivity index is 3.27. The van der Waals surface area contributed by atoms with Crippen molar-refractivity contribution in [2.75, 3.05) is 0 Å². The molecule has 51 valence electrons. The Kier molecular flexibility index (Phi) is 2.92. The zero-order valence-corrected chi connectivity index (χ0v) is 8.94. The molecule has 0 spiro atoms. The minimum atomic E-state index is 1.02. The summed E-state index contributed by atoms with van der Waals surface area (Å²) < 4.78 is 2.26. The van der Waals surface area contributed by atoms with Crippen LogP contribution in [0.3, 0.4) is 0 Å². The van der Waals surface area contributed by atoms with Crippen molar-refractivity contribution in [3.05, 3.63) is 44.5 Å². The van der Waals surface area contributed by atoms with Gasteiger partial charge in [0.15, 0.2) is 0 Å². The van der Waals surface area contributed by atoms with Gasteiger partial charge in [-0.15, -0.1) is 0 Å². The SMILES string of the molecule is C=[C]c1cccc(I)c1Br. The molecule has 0 bridgehead atoms. The lowest BCUT2D eigenvalue weighted by Gasteiger charge is -1.98. The summed E-state index contributed by atoms with van der Waals surface area (Å²) in [5.74, 6) is 0. The summed E-state index contributed by atoms with van der Waals surface area (Å²) in [6, 6.07) is 5.99. The van der Waals surface area contributed by atoms with Crippen LogP contribution in [0.5, 0.6) is 0 Å². The Labute approximate surface area is 82.6 Å². The molecule has 0 nitrogen and oxygen atoms in total. The fraction of sp³-hybridized carbons (Fsp3) is 0. The maximum absolute atomic E-state index is 3.57.